The van der Waals surface area contributed by atoms with E-state index in [1.165, 1.54) is 30.5 Å². The first-order valence-electron chi connectivity index (χ1n) is 10.0. The maximum Gasteiger partial charge on any atom is 0.419 e. The molecule has 0 spiro atoms. The fourth-order valence-corrected chi connectivity index (χ4v) is 4.58. The van der Waals surface area contributed by atoms with Crippen molar-refractivity contribution in [3.63, 3.8) is 0 Å². The van der Waals surface area contributed by atoms with Gasteiger partial charge in [-0.3, -0.25) is 4.79 Å². The number of phenols is 1. The molecule has 166 valence electrons. The molecule has 1 aromatic heterocycles. The zero-order chi connectivity index (χ0) is 23.3. The molecule has 4 N–H and O–H groups in total. The number of nitrogens with one attached hydrogen (secondary N) is 2. The summed E-state index contributed by atoms with van der Waals surface area (Å²) >= 11 is 0. The van der Waals surface area contributed by atoms with Gasteiger partial charge in [0.1, 0.15) is 11.8 Å². The van der Waals surface area contributed by atoms with Gasteiger partial charge in [0.25, 0.3) is 5.56 Å². The number of aromatic nitrogens is 1. The molecule has 0 aliphatic heterocycles. The van der Waals surface area contributed by atoms with Gasteiger partial charge in [-0.1, -0.05) is 19.1 Å². The Kier molecular flexibility index (Phi) is 5.13. The fourth-order valence-electron chi connectivity index (χ4n) is 4.58. The number of fused-ring (bicyclic) bond motifs is 2. The van der Waals surface area contributed by atoms with Crippen LogP contribution in [0.1, 0.15) is 48.4 Å². The molecular formula is C23H20F3N3O3. The number of anilines is 1. The lowest BCUT2D eigenvalue weighted by molar-refractivity contribution is -0.272. The van der Waals surface area contributed by atoms with Crippen molar-refractivity contribution in [2.75, 3.05) is 5.32 Å². The highest BCUT2D eigenvalue weighted by atomic mass is 19.4. The van der Waals surface area contributed by atoms with Crippen molar-refractivity contribution < 1.29 is 23.4 Å². The number of rotatable bonds is 3. The lowest BCUT2D eigenvalue weighted by Gasteiger charge is -2.46. The molecule has 0 fully saturated rings. The normalized spacial score (nSPS) is 22.9. The molecule has 0 saturated heterocycles. The molecule has 0 saturated carbocycles. The molecule has 9 heteroatoms. The number of pyridine rings is 1. The summed E-state index contributed by atoms with van der Waals surface area (Å²) in [6, 6.07) is 8.89. The first kappa shape index (κ1) is 21.7. The van der Waals surface area contributed by atoms with Crippen molar-refractivity contribution >= 4 is 16.5 Å². The second kappa shape index (κ2) is 7.57. The molecule has 3 unspecified atom stereocenters. The van der Waals surface area contributed by atoms with Crippen molar-refractivity contribution in [2.24, 2.45) is 0 Å². The minimum atomic E-state index is -4.98. The van der Waals surface area contributed by atoms with E-state index in [1.807, 2.05) is 6.07 Å². The number of benzene rings is 2. The largest absolute Gasteiger partial charge is 0.506 e. The summed E-state index contributed by atoms with van der Waals surface area (Å²) in [5, 5.41) is 34.4. The van der Waals surface area contributed by atoms with Crippen LogP contribution in [0.2, 0.25) is 0 Å². The SMILES string of the molecule is CCC1CC(O)(C(F)(F)F)C(Nc2cccc3c(=O)[nH]ccc23)c2ccc(C#N)c(O)c21. The molecule has 0 bridgehead atoms. The Morgan fingerprint density at radius 2 is 2.00 bits per heavy atom. The topological polar surface area (TPSA) is 109 Å². The minimum absolute atomic E-state index is 0.0462. The number of alkyl halides is 3. The Morgan fingerprint density at radius 1 is 1.25 bits per heavy atom. The van der Waals surface area contributed by atoms with Gasteiger partial charge in [-0.25, -0.2) is 0 Å². The average molecular weight is 443 g/mol. The van der Waals surface area contributed by atoms with Crippen molar-refractivity contribution in [3.05, 3.63) is 69.6 Å². The minimum Gasteiger partial charge on any atom is -0.506 e. The highest BCUT2D eigenvalue weighted by Gasteiger charge is 2.62. The summed E-state index contributed by atoms with van der Waals surface area (Å²) in [6.07, 6.45) is -4.06. The number of aliphatic hydroxyl groups is 1. The summed E-state index contributed by atoms with van der Waals surface area (Å²) in [5.74, 6) is -1.18. The van der Waals surface area contributed by atoms with Gasteiger partial charge < -0.3 is 20.5 Å². The van der Waals surface area contributed by atoms with Crippen LogP contribution in [0.3, 0.4) is 0 Å². The Balaban J connectivity index is 1.96. The molecule has 3 aromatic rings. The fraction of sp³-hybridized carbons (Fsp3) is 0.304. The molecule has 0 radical (unpaired) electrons. The average Bonchev–Trinajstić information content (AvgIpc) is 2.75. The molecule has 3 atom stereocenters. The van der Waals surface area contributed by atoms with Crippen LogP contribution < -0.4 is 10.9 Å². The number of aromatic amines is 1. The van der Waals surface area contributed by atoms with Crippen LogP contribution in [-0.4, -0.2) is 27.0 Å². The van der Waals surface area contributed by atoms with E-state index in [0.29, 0.717) is 5.39 Å². The quantitative estimate of drug-likeness (QED) is 0.478. The molecule has 4 rings (SSSR count). The number of H-pyrrole nitrogens is 1. The van der Waals surface area contributed by atoms with Gasteiger partial charge in [-0.05, 0) is 48.6 Å². The van der Waals surface area contributed by atoms with Crippen LogP contribution in [-0.2, 0) is 0 Å². The Bertz CT molecular complexity index is 1300. The molecular weight excluding hydrogens is 423 g/mol. The molecule has 1 aliphatic carbocycles. The molecule has 32 heavy (non-hydrogen) atoms. The van der Waals surface area contributed by atoms with Gasteiger partial charge in [-0.15, -0.1) is 0 Å². The number of phenolic OH excluding ortho intramolecular Hbond substituents is 1. The highest BCUT2D eigenvalue weighted by molar-refractivity contribution is 5.93. The van der Waals surface area contributed by atoms with Gasteiger partial charge in [0.15, 0.2) is 5.60 Å². The zero-order valence-corrected chi connectivity index (χ0v) is 17.0. The van der Waals surface area contributed by atoms with E-state index >= 15 is 0 Å². The highest BCUT2D eigenvalue weighted by Crippen LogP contribution is 2.55. The molecule has 1 heterocycles. The lowest BCUT2D eigenvalue weighted by Crippen LogP contribution is -2.55. The predicted octanol–water partition coefficient (Wildman–Crippen LogP) is 4.45. The van der Waals surface area contributed by atoms with Crippen molar-refractivity contribution in [1.82, 2.24) is 4.98 Å². The maximum atomic E-state index is 14.2. The number of nitrogens with zero attached hydrogens (tertiary/aromatic N) is 1. The molecule has 6 nitrogen and oxygen atoms in total. The molecule has 2 aromatic carbocycles. The first-order valence-corrected chi connectivity index (χ1v) is 10.0. The smallest absolute Gasteiger partial charge is 0.419 e. The second-order valence-corrected chi connectivity index (χ2v) is 7.96. The summed E-state index contributed by atoms with van der Waals surface area (Å²) in [6.45, 7) is 1.66. The number of hydrogen-bond donors (Lipinski definition) is 4. The Hall–Kier alpha value is -3.51. The first-order chi connectivity index (χ1) is 15.1. The zero-order valence-electron chi connectivity index (χ0n) is 17.0. The summed E-state index contributed by atoms with van der Waals surface area (Å²) < 4.78 is 42.7. The Labute approximate surface area is 180 Å². The van der Waals surface area contributed by atoms with Crippen LogP contribution in [0, 0.1) is 11.3 Å². The van der Waals surface area contributed by atoms with Gasteiger partial charge >= 0.3 is 6.18 Å². The predicted molar refractivity (Wildman–Crippen MR) is 112 cm³/mol. The van der Waals surface area contributed by atoms with Crippen molar-refractivity contribution in [1.29, 1.82) is 5.26 Å². The summed E-state index contributed by atoms with van der Waals surface area (Å²) in [7, 11) is 0. The standard InChI is InChI=1S/C23H20F3N3O3/c1-2-12-10-22(32,23(24,25)26)20(16-7-6-13(11-27)19(30)18(12)16)29-17-5-3-4-15-14(17)8-9-28-21(15)31/h3-9,12,20,29-30,32H,2,10H2,1H3,(H,28,31). The van der Waals surface area contributed by atoms with Gasteiger partial charge in [-0.2, -0.15) is 18.4 Å². The Morgan fingerprint density at radius 3 is 2.66 bits per heavy atom. The van der Waals surface area contributed by atoms with E-state index in [9.17, 15) is 33.4 Å². The number of nitriles is 1. The monoisotopic (exact) mass is 443 g/mol. The number of hydrogen-bond acceptors (Lipinski definition) is 5. The van der Waals surface area contributed by atoms with E-state index in [-0.39, 0.29) is 39.9 Å². The van der Waals surface area contributed by atoms with Crippen LogP contribution >= 0.6 is 0 Å². The molecule has 0 amide bonds. The molecule has 1 aliphatic rings. The van der Waals surface area contributed by atoms with E-state index < -0.39 is 35.7 Å². The van der Waals surface area contributed by atoms with Crippen molar-refractivity contribution in [2.45, 2.75) is 43.5 Å². The van der Waals surface area contributed by atoms with E-state index in [2.05, 4.69) is 10.3 Å². The van der Waals surface area contributed by atoms with Crippen LogP contribution in [0.25, 0.3) is 10.8 Å². The third kappa shape index (κ3) is 3.19. The van der Waals surface area contributed by atoms with Crippen LogP contribution in [0.4, 0.5) is 18.9 Å². The van der Waals surface area contributed by atoms with Gasteiger partial charge in [0.2, 0.25) is 0 Å². The number of halogens is 3. The maximum absolute atomic E-state index is 14.2. The lowest BCUT2D eigenvalue weighted by atomic mass is 9.68. The van der Waals surface area contributed by atoms with Gasteiger partial charge in [0, 0.05) is 28.2 Å². The third-order valence-electron chi connectivity index (χ3n) is 6.22. The summed E-state index contributed by atoms with van der Waals surface area (Å²) in [5.41, 5.74) is -3.09. The van der Waals surface area contributed by atoms with E-state index in [0.717, 1.165) is 0 Å². The van der Waals surface area contributed by atoms with Crippen LogP contribution in [0.15, 0.2) is 47.4 Å². The van der Waals surface area contributed by atoms with Crippen molar-refractivity contribution in [3.8, 4) is 11.8 Å². The van der Waals surface area contributed by atoms with Crippen LogP contribution in [0.5, 0.6) is 5.75 Å². The van der Waals surface area contributed by atoms with Gasteiger partial charge in [0.05, 0.1) is 11.6 Å². The summed E-state index contributed by atoms with van der Waals surface area (Å²) in [4.78, 5) is 14.6. The third-order valence-corrected chi connectivity index (χ3v) is 6.22. The van der Waals surface area contributed by atoms with E-state index in [4.69, 9.17) is 0 Å². The second-order valence-electron chi connectivity index (χ2n) is 7.96. The van der Waals surface area contributed by atoms with E-state index in [1.54, 1.807) is 19.1 Å². The number of aromatic hydroxyl groups is 1.